The number of hydrogen-bond donors (Lipinski definition) is 1. The predicted octanol–water partition coefficient (Wildman–Crippen LogP) is 0.183. The van der Waals surface area contributed by atoms with E-state index in [1.165, 1.54) is 15.6 Å². The van der Waals surface area contributed by atoms with Crippen LogP contribution in [0.1, 0.15) is 19.3 Å². The molecule has 1 N–H and O–H groups in total. The van der Waals surface area contributed by atoms with Crippen LogP contribution in [0.4, 0.5) is 0 Å². The zero-order chi connectivity index (χ0) is 19.3. The van der Waals surface area contributed by atoms with Crippen molar-refractivity contribution in [1.82, 2.24) is 19.4 Å². The summed E-state index contributed by atoms with van der Waals surface area (Å²) in [7, 11) is -3.41. The highest BCUT2D eigenvalue weighted by Gasteiger charge is 2.29. The first-order valence-electron chi connectivity index (χ1n) is 9.27. The molecule has 2 fully saturated rings. The molecule has 0 aliphatic carbocycles. The van der Waals surface area contributed by atoms with Gasteiger partial charge in [-0.3, -0.25) is 14.5 Å². The molecule has 2 aliphatic rings. The van der Waals surface area contributed by atoms with Crippen molar-refractivity contribution in [2.45, 2.75) is 23.5 Å². The maximum atomic E-state index is 12.5. The van der Waals surface area contributed by atoms with Crippen molar-refractivity contribution < 1.29 is 18.0 Å². The van der Waals surface area contributed by atoms with Crippen LogP contribution in [-0.4, -0.2) is 86.7 Å². The Kier molecular flexibility index (Phi) is 6.85. The van der Waals surface area contributed by atoms with Crippen molar-refractivity contribution in [2.75, 3.05) is 52.4 Å². The molecule has 2 amide bonds. The number of amides is 2. The zero-order valence-corrected chi connectivity index (χ0v) is 16.9. The molecule has 0 spiro atoms. The number of sulfonamides is 1. The van der Waals surface area contributed by atoms with Crippen LogP contribution in [0.5, 0.6) is 0 Å². The average molecular weight is 415 g/mol. The highest BCUT2D eigenvalue weighted by atomic mass is 32.2. The Morgan fingerprint density at radius 3 is 2.59 bits per heavy atom. The molecule has 0 aromatic carbocycles. The number of nitrogens with zero attached hydrogens (tertiary/aromatic N) is 3. The molecule has 27 heavy (non-hydrogen) atoms. The quantitative estimate of drug-likeness (QED) is 0.613. The molecule has 2 aliphatic heterocycles. The van der Waals surface area contributed by atoms with E-state index in [2.05, 4.69) is 5.32 Å². The third kappa shape index (κ3) is 5.28. The lowest BCUT2D eigenvalue weighted by atomic mass is 10.3. The second-order valence-electron chi connectivity index (χ2n) is 6.80. The fourth-order valence-electron chi connectivity index (χ4n) is 3.36. The van der Waals surface area contributed by atoms with Crippen molar-refractivity contribution in [2.24, 2.45) is 0 Å². The van der Waals surface area contributed by atoms with Crippen molar-refractivity contribution >= 4 is 33.2 Å². The van der Waals surface area contributed by atoms with Crippen LogP contribution in [0.25, 0.3) is 0 Å². The van der Waals surface area contributed by atoms with Gasteiger partial charge >= 0.3 is 0 Å². The van der Waals surface area contributed by atoms with Crippen molar-refractivity contribution in [1.29, 1.82) is 0 Å². The first-order valence-corrected chi connectivity index (χ1v) is 11.6. The third-order valence-corrected chi connectivity index (χ3v) is 8.16. The number of hydrogen-bond acceptors (Lipinski definition) is 6. The summed E-state index contributed by atoms with van der Waals surface area (Å²) in [5.41, 5.74) is 0. The largest absolute Gasteiger partial charge is 0.355 e. The monoisotopic (exact) mass is 414 g/mol. The molecule has 0 atom stereocenters. The highest BCUT2D eigenvalue weighted by molar-refractivity contribution is 7.91. The molecule has 10 heteroatoms. The van der Waals surface area contributed by atoms with Gasteiger partial charge in [-0.25, -0.2) is 8.42 Å². The SMILES string of the molecule is O=C(CN1CCN(S(=O)(=O)c2cccs2)CC1)NCCCN1CCCC1=O. The van der Waals surface area contributed by atoms with E-state index in [0.29, 0.717) is 49.9 Å². The predicted molar refractivity (Wildman–Crippen MR) is 103 cm³/mol. The minimum Gasteiger partial charge on any atom is -0.355 e. The van der Waals surface area contributed by atoms with Crippen molar-refractivity contribution in [3.05, 3.63) is 17.5 Å². The van der Waals surface area contributed by atoms with Crippen LogP contribution in [0.3, 0.4) is 0 Å². The maximum absolute atomic E-state index is 12.5. The fraction of sp³-hybridized carbons (Fsp3) is 0.647. The van der Waals surface area contributed by atoms with Crippen molar-refractivity contribution in [3.8, 4) is 0 Å². The van der Waals surface area contributed by atoms with Crippen LogP contribution >= 0.6 is 11.3 Å². The second-order valence-corrected chi connectivity index (χ2v) is 9.91. The van der Waals surface area contributed by atoms with Crippen LogP contribution in [0.2, 0.25) is 0 Å². The van der Waals surface area contributed by atoms with Gasteiger partial charge in [-0.1, -0.05) is 6.07 Å². The summed E-state index contributed by atoms with van der Waals surface area (Å²) in [6, 6.07) is 3.35. The molecular formula is C17H26N4O4S2. The van der Waals surface area contributed by atoms with E-state index in [9.17, 15) is 18.0 Å². The van der Waals surface area contributed by atoms with Gasteiger partial charge in [0.2, 0.25) is 11.8 Å². The van der Waals surface area contributed by atoms with Gasteiger partial charge in [0, 0.05) is 52.2 Å². The van der Waals surface area contributed by atoms with Gasteiger partial charge in [-0.15, -0.1) is 11.3 Å². The summed E-state index contributed by atoms with van der Waals surface area (Å²) in [5, 5.41) is 4.64. The fourth-order valence-corrected chi connectivity index (χ4v) is 5.93. The van der Waals surface area contributed by atoms with Crippen LogP contribution < -0.4 is 5.32 Å². The van der Waals surface area contributed by atoms with Gasteiger partial charge in [-0.05, 0) is 24.3 Å². The minimum atomic E-state index is -3.41. The highest BCUT2D eigenvalue weighted by Crippen LogP contribution is 2.21. The molecule has 3 heterocycles. The van der Waals surface area contributed by atoms with E-state index >= 15 is 0 Å². The Bertz CT molecular complexity index is 743. The molecule has 0 radical (unpaired) electrons. The van der Waals surface area contributed by atoms with E-state index in [0.717, 1.165) is 19.4 Å². The number of piperazine rings is 1. The molecule has 0 bridgehead atoms. The first-order chi connectivity index (χ1) is 13.0. The molecule has 8 nitrogen and oxygen atoms in total. The number of thiophene rings is 1. The van der Waals surface area contributed by atoms with Gasteiger partial charge in [0.05, 0.1) is 6.54 Å². The summed E-state index contributed by atoms with van der Waals surface area (Å²) in [6.45, 7) is 4.21. The first kappa shape index (κ1) is 20.2. The number of nitrogens with one attached hydrogen (secondary N) is 1. The molecular weight excluding hydrogens is 388 g/mol. The van der Waals surface area contributed by atoms with Crippen LogP contribution in [-0.2, 0) is 19.6 Å². The van der Waals surface area contributed by atoms with Crippen LogP contribution in [0.15, 0.2) is 21.7 Å². The Hall–Kier alpha value is -1.49. The third-order valence-electron chi connectivity index (χ3n) is 4.89. The van der Waals surface area contributed by atoms with Gasteiger partial charge < -0.3 is 10.2 Å². The summed E-state index contributed by atoms with van der Waals surface area (Å²) < 4.78 is 26.8. The van der Waals surface area contributed by atoms with Crippen molar-refractivity contribution in [3.63, 3.8) is 0 Å². The Morgan fingerprint density at radius 1 is 1.19 bits per heavy atom. The average Bonchev–Trinajstić information content (AvgIpc) is 3.32. The Balaban J connectivity index is 1.34. The molecule has 0 unspecified atom stereocenters. The smallest absolute Gasteiger partial charge is 0.252 e. The molecule has 3 rings (SSSR count). The lowest BCUT2D eigenvalue weighted by molar-refractivity contribution is -0.127. The lowest BCUT2D eigenvalue weighted by Gasteiger charge is -2.33. The Labute approximate surface area is 164 Å². The molecule has 1 aromatic rings. The zero-order valence-electron chi connectivity index (χ0n) is 15.3. The lowest BCUT2D eigenvalue weighted by Crippen LogP contribution is -2.51. The normalized spacial score (nSPS) is 19.6. The van der Waals surface area contributed by atoms with E-state index < -0.39 is 10.0 Å². The summed E-state index contributed by atoms with van der Waals surface area (Å²) >= 11 is 1.22. The number of rotatable bonds is 8. The van der Waals surface area contributed by atoms with Crippen LogP contribution in [0, 0.1) is 0 Å². The summed E-state index contributed by atoms with van der Waals surface area (Å²) in [4.78, 5) is 27.4. The van der Waals surface area contributed by atoms with Gasteiger partial charge in [0.25, 0.3) is 10.0 Å². The van der Waals surface area contributed by atoms with E-state index in [1.54, 1.807) is 17.5 Å². The minimum absolute atomic E-state index is 0.0580. The number of carbonyl (C=O) groups excluding carboxylic acids is 2. The van der Waals surface area contributed by atoms with E-state index in [1.807, 2.05) is 9.80 Å². The van der Waals surface area contributed by atoms with E-state index in [-0.39, 0.29) is 18.4 Å². The molecule has 150 valence electrons. The van der Waals surface area contributed by atoms with Gasteiger partial charge in [0.15, 0.2) is 0 Å². The summed E-state index contributed by atoms with van der Waals surface area (Å²) in [5.74, 6) is 0.147. The Morgan fingerprint density at radius 2 is 1.96 bits per heavy atom. The van der Waals surface area contributed by atoms with E-state index in [4.69, 9.17) is 0 Å². The maximum Gasteiger partial charge on any atom is 0.252 e. The standard InChI is InChI=1S/C17H26N4O4S2/c22-15(18-6-3-8-20-7-1-4-16(20)23)14-19-9-11-21(12-10-19)27(24,25)17-5-2-13-26-17/h2,5,13H,1,3-4,6-12,14H2,(H,18,22). The molecule has 1 aromatic heterocycles. The second kappa shape index (κ2) is 9.13. The summed E-state index contributed by atoms with van der Waals surface area (Å²) in [6.07, 6.45) is 2.32. The number of likely N-dealkylation sites (tertiary alicyclic amines) is 1. The van der Waals surface area contributed by atoms with Gasteiger partial charge in [0.1, 0.15) is 4.21 Å². The molecule has 0 saturated carbocycles. The number of carbonyl (C=O) groups is 2. The van der Waals surface area contributed by atoms with Gasteiger partial charge in [-0.2, -0.15) is 4.31 Å². The molecule has 2 saturated heterocycles. The topological polar surface area (TPSA) is 90.0 Å².